The summed E-state index contributed by atoms with van der Waals surface area (Å²) in [7, 11) is -7.46. The largest absolute Gasteiger partial charge is 1.00 e. The molecule has 240 valence electrons. The first-order valence-corrected chi connectivity index (χ1v) is 15.4. The Bertz CT molecular complexity index is 1560. The van der Waals surface area contributed by atoms with Gasteiger partial charge in [0.25, 0.3) is 10.3 Å². The van der Waals surface area contributed by atoms with Gasteiger partial charge in [0.2, 0.25) is 0 Å². The molecule has 2 aromatic carbocycles. The zero-order valence-electron chi connectivity index (χ0n) is 23.9. The van der Waals surface area contributed by atoms with Gasteiger partial charge in [-0.2, -0.15) is 26.7 Å². The van der Waals surface area contributed by atoms with E-state index in [4.69, 9.17) is 22.4 Å². The van der Waals surface area contributed by atoms with E-state index in [1.807, 2.05) is 12.2 Å². The van der Waals surface area contributed by atoms with Gasteiger partial charge in [-0.3, -0.25) is 0 Å². The van der Waals surface area contributed by atoms with E-state index in [0.717, 1.165) is 32.2 Å². The third-order valence-electron chi connectivity index (χ3n) is 5.95. The molecule has 2 aliphatic rings. The molecule has 0 spiro atoms. The van der Waals surface area contributed by atoms with E-state index in [0.29, 0.717) is 23.4 Å². The van der Waals surface area contributed by atoms with E-state index in [1.54, 1.807) is 24.3 Å². The predicted molar refractivity (Wildman–Crippen MR) is 155 cm³/mol. The number of ether oxygens (including phenoxy) is 1. The van der Waals surface area contributed by atoms with Gasteiger partial charge in [0.05, 0.1) is 25.0 Å². The van der Waals surface area contributed by atoms with Gasteiger partial charge >= 0.3 is 22.6 Å². The molecule has 2 heterocycles. The van der Waals surface area contributed by atoms with Gasteiger partial charge in [-0.25, -0.2) is 4.79 Å². The van der Waals surface area contributed by atoms with Gasteiger partial charge in [0, 0.05) is 36.6 Å². The standard InChI is InChI=1S/C13H15FN2OS.C8H5F2NOS.C6H11NO2.CO2.ClH/c1-3-12-6-8-13(9-7-12)15-18(14,17)16-10-4-5-11(16)2;1-2-7-3-5-8(6-4-7)11-13(9,10)12;1-9-6(8)5-3-2-4-7-5;2-1-3;/h1,6-9,11H,4-5,10H2,2H3;1,3-6H;5,7H,2-4H2,1H3;;1H/t11-,18?;;5-;;/m1.0../s1. The van der Waals surface area contributed by atoms with Crippen LogP contribution in [0.15, 0.2) is 57.3 Å². The fourth-order valence-corrected chi connectivity index (χ4v) is 5.68. The van der Waals surface area contributed by atoms with E-state index in [2.05, 4.69) is 25.3 Å². The molecule has 16 heteroatoms. The lowest BCUT2D eigenvalue weighted by atomic mass is 10.2. The number of rotatable bonds is 4. The van der Waals surface area contributed by atoms with Crippen LogP contribution in [0.2, 0.25) is 0 Å². The van der Waals surface area contributed by atoms with E-state index in [9.17, 15) is 24.9 Å². The van der Waals surface area contributed by atoms with Crippen LogP contribution in [-0.2, 0) is 39.9 Å². The van der Waals surface area contributed by atoms with Crippen molar-refractivity contribution >= 4 is 44.3 Å². The molecule has 2 saturated heterocycles. The van der Waals surface area contributed by atoms with Crippen molar-refractivity contribution in [1.82, 2.24) is 4.31 Å². The fourth-order valence-electron chi connectivity index (χ4n) is 3.92. The van der Waals surface area contributed by atoms with Gasteiger partial charge < -0.3 is 22.5 Å². The number of esters is 1. The van der Waals surface area contributed by atoms with Gasteiger partial charge in [-0.05, 0) is 68.3 Å². The molecule has 44 heavy (non-hydrogen) atoms. The van der Waals surface area contributed by atoms with Crippen molar-refractivity contribution in [1.29, 1.82) is 0 Å². The van der Waals surface area contributed by atoms with Crippen molar-refractivity contribution in [3.8, 4) is 24.7 Å². The SMILES string of the molecule is C#Cc1ccc(N=S(=O)(F)F)cc1.C#Cc1ccc(N=S(=O)(F)N2CCC[C@H]2C)cc1.COC(=O)[C@@H]1CCC[NH2+]1.O=C=O.[Cl-]. The maximum absolute atomic E-state index is 14.2. The smallest absolute Gasteiger partial charge is 0.373 e. The van der Waals surface area contributed by atoms with Crippen LogP contribution in [0.3, 0.4) is 0 Å². The lowest BCUT2D eigenvalue weighted by Gasteiger charge is -2.18. The maximum Gasteiger partial charge on any atom is 0.373 e. The Labute approximate surface area is 262 Å². The van der Waals surface area contributed by atoms with Crippen LogP contribution in [0.25, 0.3) is 0 Å². The Kier molecular flexibility index (Phi) is 18.6. The van der Waals surface area contributed by atoms with Crippen LogP contribution in [0.4, 0.5) is 23.0 Å². The molecule has 0 aromatic heterocycles. The van der Waals surface area contributed by atoms with Crippen molar-refractivity contribution < 1.29 is 56.9 Å². The molecule has 0 radical (unpaired) electrons. The van der Waals surface area contributed by atoms with Crippen LogP contribution in [-0.4, -0.2) is 57.1 Å². The molecule has 2 fully saturated rings. The Morgan fingerprint density at radius 2 is 1.41 bits per heavy atom. The molecule has 10 nitrogen and oxygen atoms in total. The minimum atomic E-state index is -5.07. The van der Waals surface area contributed by atoms with Crippen molar-refractivity contribution in [2.45, 2.75) is 44.7 Å². The third kappa shape index (κ3) is 15.2. The summed E-state index contributed by atoms with van der Waals surface area (Å²) in [5.41, 5.74) is 1.55. The third-order valence-corrected chi connectivity index (χ3v) is 7.93. The monoisotopic (exact) mass is 676 g/mol. The summed E-state index contributed by atoms with van der Waals surface area (Å²) in [4.78, 5) is 27.0. The minimum Gasteiger partial charge on any atom is -1.00 e. The molecule has 4 rings (SSSR count). The number of benzene rings is 2. The molecular formula is C28H32ClF3N4O6S2. The number of quaternary nitrogens is 1. The number of terminal acetylenes is 2. The first kappa shape index (κ1) is 40.3. The van der Waals surface area contributed by atoms with Crippen molar-refractivity contribution in [2.24, 2.45) is 8.73 Å². The average Bonchev–Trinajstić information content (AvgIpc) is 3.66. The highest BCUT2D eigenvalue weighted by Crippen LogP contribution is 2.26. The molecule has 1 unspecified atom stereocenters. The van der Waals surface area contributed by atoms with E-state index >= 15 is 0 Å². The Morgan fingerprint density at radius 1 is 0.932 bits per heavy atom. The summed E-state index contributed by atoms with van der Waals surface area (Å²) >= 11 is 0. The number of nitrogens with two attached hydrogens (primary N) is 1. The lowest BCUT2D eigenvalue weighted by molar-refractivity contribution is -0.658. The molecule has 2 N–H and O–H groups in total. The van der Waals surface area contributed by atoms with Crippen molar-refractivity contribution in [3.05, 3.63) is 59.7 Å². The topological polar surface area (TPSA) is 139 Å². The number of halogens is 4. The van der Waals surface area contributed by atoms with Gasteiger partial charge in [-0.15, -0.1) is 21.1 Å². The van der Waals surface area contributed by atoms with Crippen LogP contribution >= 0.6 is 0 Å². The van der Waals surface area contributed by atoms with Gasteiger partial charge in [0.15, 0.2) is 6.04 Å². The summed E-state index contributed by atoms with van der Waals surface area (Å²) < 4.78 is 72.2. The Hall–Kier alpha value is -3.69. The summed E-state index contributed by atoms with van der Waals surface area (Å²) in [6, 6.07) is 12.0. The average molecular weight is 677 g/mol. The summed E-state index contributed by atoms with van der Waals surface area (Å²) in [5, 5.41) is 2.03. The van der Waals surface area contributed by atoms with Crippen molar-refractivity contribution in [3.63, 3.8) is 0 Å². The quantitative estimate of drug-likeness (QED) is 0.290. The summed E-state index contributed by atoms with van der Waals surface area (Å²) in [6.07, 6.45) is 14.3. The predicted octanol–water partition coefficient (Wildman–Crippen LogP) is 0.893. The lowest BCUT2D eigenvalue weighted by Crippen LogP contribution is -3.00. The van der Waals surface area contributed by atoms with Crippen LogP contribution < -0.4 is 17.7 Å². The highest BCUT2D eigenvalue weighted by atomic mass is 35.5. The summed E-state index contributed by atoms with van der Waals surface area (Å²) in [5.74, 6) is 4.70. The molecule has 2 aliphatic heterocycles. The Morgan fingerprint density at radius 3 is 1.75 bits per heavy atom. The highest BCUT2D eigenvalue weighted by molar-refractivity contribution is 7.86. The Balaban J connectivity index is 0.000000626. The second-order valence-electron chi connectivity index (χ2n) is 8.91. The van der Waals surface area contributed by atoms with E-state index < -0.39 is 20.8 Å². The van der Waals surface area contributed by atoms with Crippen LogP contribution in [0.1, 0.15) is 43.7 Å². The highest BCUT2D eigenvalue weighted by Gasteiger charge is 2.30. The number of carbonyl (C=O) groups is 1. The van der Waals surface area contributed by atoms with Crippen LogP contribution in [0.5, 0.6) is 0 Å². The van der Waals surface area contributed by atoms with Crippen LogP contribution in [0, 0.1) is 24.7 Å². The molecule has 0 aliphatic carbocycles. The zero-order chi connectivity index (χ0) is 32.5. The number of hydrogen-bond acceptors (Lipinski definition) is 8. The number of hydrogen-bond donors (Lipinski definition) is 1. The first-order chi connectivity index (χ1) is 20.3. The van der Waals surface area contributed by atoms with E-state index in [-0.39, 0.29) is 42.3 Å². The van der Waals surface area contributed by atoms with E-state index in [1.165, 1.54) is 35.7 Å². The molecular weight excluding hydrogens is 645 g/mol. The molecule has 0 saturated carbocycles. The van der Waals surface area contributed by atoms with Crippen molar-refractivity contribution in [2.75, 3.05) is 20.2 Å². The second kappa shape index (κ2) is 20.3. The molecule has 2 aromatic rings. The molecule has 0 bridgehead atoms. The fraction of sp³-hybridized carbons (Fsp3) is 0.357. The number of methoxy groups -OCH3 is 1. The molecule has 0 amide bonds. The first-order valence-electron chi connectivity index (χ1n) is 12.7. The zero-order valence-corrected chi connectivity index (χ0v) is 26.3. The van der Waals surface area contributed by atoms with Gasteiger partial charge in [-0.1, -0.05) is 19.6 Å². The molecule has 3 atom stereocenters. The minimum absolute atomic E-state index is 0. The number of carbonyl (C=O) groups excluding carboxylic acids is 3. The number of nitrogens with zero attached hydrogens (tertiary/aromatic N) is 3. The summed E-state index contributed by atoms with van der Waals surface area (Å²) in [6.45, 7) is 3.42. The second-order valence-corrected chi connectivity index (χ2v) is 11.4. The normalized spacial score (nSPS) is 18.2. The maximum atomic E-state index is 14.2. The van der Waals surface area contributed by atoms with Gasteiger partial charge in [0.1, 0.15) is 0 Å².